The Morgan fingerprint density at radius 1 is 1.47 bits per heavy atom. The van der Waals surface area contributed by atoms with Gasteiger partial charge in [-0.1, -0.05) is 37.4 Å². The molecule has 6 heteroatoms. The smallest absolute Gasteiger partial charge is 0.326 e. The van der Waals surface area contributed by atoms with Gasteiger partial charge in [-0.2, -0.15) is 0 Å². The molecule has 0 heterocycles. The third kappa shape index (κ3) is 4.51. The molecule has 0 aliphatic carbocycles. The number of unbranched alkanes of at least 4 members (excludes halogenated alkanes) is 1. The Labute approximate surface area is 125 Å². The molecule has 1 amide bonds. The van der Waals surface area contributed by atoms with Crippen molar-refractivity contribution in [2.45, 2.75) is 32.2 Å². The van der Waals surface area contributed by atoms with Gasteiger partial charge in [-0.25, -0.2) is 4.79 Å². The van der Waals surface area contributed by atoms with Crippen LogP contribution in [0.2, 0.25) is 5.02 Å². The van der Waals surface area contributed by atoms with Crippen molar-refractivity contribution >= 4 is 39.4 Å². The molecule has 0 bridgehead atoms. The molecule has 0 saturated carbocycles. The monoisotopic (exact) mass is 347 g/mol. The number of nitrogens with one attached hydrogen (secondary N) is 1. The normalized spacial score (nSPS) is 11.9. The Morgan fingerprint density at radius 2 is 2.16 bits per heavy atom. The molecule has 0 aliphatic rings. The zero-order chi connectivity index (χ0) is 14.4. The molecular formula is C13H15BrClNO3. The number of rotatable bonds is 6. The Balaban J connectivity index is 2.82. The molecule has 0 spiro atoms. The van der Waals surface area contributed by atoms with Gasteiger partial charge in [0, 0.05) is 4.47 Å². The summed E-state index contributed by atoms with van der Waals surface area (Å²) in [6.07, 6.45) is 2.02. The second-order valence-corrected chi connectivity index (χ2v) is 5.34. The molecule has 0 saturated heterocycles. The van der Waals surface area contributed by atoms with Gasteiger partial charge in [0.1, 0.15) is 6.04 Å². The van der Waals surface area contributed by atoms with Crippen molar-refractivity contribution in [2.24, 2.45) is 0 Å². The molecule has 1 atom stereocenters. The van der Waals surface area contributed by atoms with Crippen molar-refractivity contribution in [1.82, 2.24) is 5.32 Å². The average molecular weight is 349 g/mol. The largest absolute Gasteiger partial charge is 0.480 e. The van der Waals surface area contributed by atoms with E-state index in [1.807, 2.05) is 6.92 Å². The number of halogens is 2. The summed E-state index contributed by atoms with van der Waals surface area (Å²) in [6, 6.07) is 4.06. The maximum Gasteiger partial charge on any atom is 0.326 e. The van der Waals surface area contributed by atoms with E-state index in [1.54, 1.807) is 18.2 Å². The van der Waals surface area contributed by atoms with Gasteiger partial charge >= 0.3 is 5.97 Å². The first-order valence-corrected chi connectivity index (χ1v) is 7.12. The van der Waals surface area contributed by atoms with E-state index < -0.39 is 17.9 Å². The molecule has 2 N–H and O–H groups in total. The van der Waals surface area contributed by atoms with Gasteiger partial charge in [-0.15, -0.1) is 0 Å². The van der Waals surface area contributed by atoms with E-state index in [-0.39, 0.29) is 10.6 Å². The van der Waals surface area contributed by atoms with Crippen LogP contribution in [0.4, 0.5) is 0 Å². The molecule has 0 aromatic heterocycles. The van der Waals surface area contributed by atoms with Gasteiger partial charge in [0.05, 0.1) is 10.6 Å². The van der Waals surface area contributed by atoms with Crippen molar-refractivity contribution in [2.75, 3.05) is 0 Å². The fourth-order valence-electron chi connectivity index (χ4n) is 1.58. The first-order valence-electron chi connectivity index (χ1n) is 5.95. The van der Waals surface area contributed by atoms with Gasteiger partial charge < -0.3 is 10.4 Å². The van der Waals surface area contributed by atoms with Crippen molar-refractivity contribution < 1.29 is 14.7 Å². The highest BCUT2D eigenvalue weighted by Gasteiger charge is 2.21. The summed E-state index contributed by atoms with van der Waals surface area (Å²) in [6.45, 7) is 1.96. The van der Waals surface area contributed by atoms with E-state index in [0.29, 0.717) is 10.9 Å². The minimum Gasteiger partial charge on any atom is -0.480 e. The van der Waals surface area contributed by atoms with Crippen LogP contribution in [0.3, 0.4) is 0 Å². The highest BCUT2D eigenvalue weighted by atomic mass is 79.9. The molecule has 1 rings (SSSR count). The van der Waals surface area contributed by atoms with Crippen LogP contribution in [0, 0.1) is 0 Å². The second-order valence-electron chi connectivity index (χ2n) is 4.11. The molecule has 0 aliphatic heterocycles. The zero-order valence-corrected chi connectivity index (χ0v) is 12.8. The molecule has 1 unspecified atom stereocenters. The number of hydrogen-bond donors (Lipinski definition) is 2. The van der Waals surface area contributed by atoms with E-state index in [1.165, 1.54) is 0 Å². The first-order chi connectivity index (χ1) is 8.97. The van der Waals surface area contributed by atoms with Crippen LogP contribution < -0.4 is 5.32 Å². The van der Waals surface area contributed by atoms with Gasteiger partial charge in [-0.3, -0.25) is 4.79 Å². The SMILES string of the molecule is CCCCC(NC(=O)c1cccc(Br)c1Cl)C(=O)O. The number of benzene rings is 1. The van der Waals surface area contributed by atoms with Gasteiger partial charge in [0.25, 0.3) is 5.91 Å². The van der Waals surface area contributed by atoms with Crippen LogP contribution in [0.15, 0.2) is 22.7 Å². The zero-order valence-electron chi connectivity index (χ0n) is 10.5. The van der Waals surface area contributed by atoms with Gasteiger partial charge in [0.15, 0.2) is 0 Å². The number of carbonyl (C=O) groups excluding carboxylic acids is 1. The summed E-state index contributed by atoms with van der Waals surface area (Å²) in [5.41, 5.74) is 0.263. The summed E-state index contributed by atoms with van der Waals surface area (Å²) in [5, 5.41) is 11.8. The van der Waals surface area contributed by atoms with Gasteiger partial charge in [-0.05, 0) is 34.5 Å². The van der Waals surface area contributed by atoms with E-state index in [9.17, 15) is 9.59 Å². The average Bonchev–Trinajstić information content (AvgIpc) is 2.37. The minimum atomic E-state index is -1.03. The van der Waals surface area contributed by atoms with Gasteiger partial charge in [0.2, 0.25) is 0 Å². The number of aliphatic carboxylic acids is 1. The predicted octanol–water partition coefficient (Wildman–Crippen LogP) is 3.48. The molecule has 104 valence electrons. The van der Waals surface area contributed by atoms with E-state index >= 15 is 0 Å². The van der Waals surface area contributed by atoms with Crippen molar-refractivity contribution in [3.05, 3.63) is 33.3 Å². The van der Waals surface area contributed by atoms with E-state index in [4.69, 9.17) is 16.7 Å². The fourth-order valence-corrected chi connectivity index (χ4v) is 2.16. The molecular weight excluding hydrogens is 334 g/mol. The van der Waals surface area contributed by atoms with E-state index in [2.05, 4.69) is 21.2 Å². The fraction of sp³-hybridized carbons (Fsp3) is 0.385. The van der Waals surface area contributed by atoms with Crippen LogP contribution in [-0.2, 0) is 4.79 Å². The number of hydrogen-bond acceptors (Lipinski definition) is 2. The first kappa shape index (κ1) is 16.0. The quantitative estimate of drug-likeness (QED) is 0.827. The Hall–Kier alpha value is -1.07. The maximum absolute atomic E-state index is 12.0. The predicted molar refractivity (Wildman–Crippen MR) is 77.6 cm³/mol. The van der Waals surface area contributed by atoms with Crippen LogP contribution in [-0.4, -0.2) is 23.0 Å². The van der Waals surface area contributed by atoms with Crippen molar-refractivity contribution in [3.8, 4) is 0 Å². The Morgan fingerprint density at radius 3 is 2.74 bits per heavy atom. The summed E-state index contributed by atoms with van der Waals surface area (Å²) >= 11 is 9.22. The topological polar surface area (TPSA) is 66.4 Å². The van der Waals surface area contributed by atoms with Crippen molar-refractivity contribution in [1.29, 1.82) is 0 Å². The lowest BCUT2D eigenvalue weighted by Gasteiger charge is -2.14. The lowest BCUT2D eigenvalue weighted by molar-refractivity contribution is -0.139. The molecule has 1 aromatic rings. The lowest BCUT2D eigenvalue weighted by atomic mass is 10.1. The molecule has 19 heavy (non-hydrogen) atoms. The molecule has 1 aromatic carbocycles. The summed E-state index contributed by atoms with van der Waals surface area (Å²) in [5.74, 6) is -1.51. The third-order valence-corrected chi connectivity index (χ3v) is 3.94. The summed E-state index contributed by atoms with van der Waals surface area (Å²) in [7, 11) is 0. The second kappa shape index (κ2) is 7.50. The highest BCUT2D eigenvalue weighted by Crippen LogP contribution is 2.26. The number of carboxylic acids is 1. The molecule has 4 nitrogen and oxygen atoms in total. The van der Waals surface area contributed by atoms with Crippen LogP contribution in [0.5, 0.6) is 0 Å². The molecule has 0 fully saturated rings. The number of carbonyl (C=O) groups is 2. The number of carboxylic acid groups (broad SMARTS) is 1. The number of amides is 1. The lowest BCUT2D eigenvalue weighted by Crippen LogP contribution is -2.40. The van der Waals surface area contributed by atoms with Crippen LogP contribution in [0.25, 0.3) is 0 Å². The Bertz CT molecular complexity index is 479. The third-order valence-electron chi connectivity index (χ3n) is 2.65. The standard InChI is InChI=1S/C13H15BrClNO3/c1-2-3-7-10(13(18)19)16-12(17)8-5-4-6-9(14)11(8)15/h4-6,10H,2-3,7H2,1H3,(H,16,17)(H,18,19). The Kier molecular flexibility index (Phi) is 6.31. The van der Waals surface area contributed by atoms with Crippen LogP contribution in [0.1, 0.15) is 36.5 Å². The molecule has 0 radical (unpaired) electrons. The van der Waals surface area contributed by atoms with E-state index in [0.717, 1.165) is 12.8 Å². The summed E-state index contributed by atoms with van der Waals surface area (Å²) < 4.78 is 0.599. The summed E-state index contributed by atoms with van der Waals surface area (Å²) in [4.78, 5) is 23.1. The minimum absolute atomic E-state index is 0.263. The van der Waals surface area contributed by atoms with Crippen LogP contribution >= 0.6 is 27.5 Å². The highest BCUT2D eigenvalue weighted by molar-refractivity contribution is 9.10. The van der Waals surface area contributed by atoms with Crippen molar-refractivity contribution in [3.63, 3.8) is 0 Å². The maximum atomic E-state index is 12.0.